The van der Waals surface area contributed by atoms with Crippen molar-refractivity contribution in [2.75, 3.05) is 52.9 Å². The molecule has 0 radical (unpaired) electrons. The average Bonchev–Trinajstić information content (AvgIpc) is 2.99. The van der Waals surface area contributed by atoms with E-state index < -0.39 is 47.2 Å². The third kappa shape index (κ3) is 18.0. The Labute approximate surface area is 247 Å². The second kappa shape index (κ2) is 25.7. The summed E-state index contributed by atoms with van der Waals surface area (Å²) in [5, 5.41) is 0. The first kappa shape index (κ1) is 38.2. The molecule has 42 heavy (non-hydrogen) atoms. The van der Waals surface area contributed by atoms with Gasteiger partial charge < -0.3 is 23.7 Å². The lowest BCUT2D eigenvalue weighted by atomic mass is 10.0. The fraction of sp³-hybridized carbons (Fsp3) is 0.774. The molecule has 0 aromatic heterocycles. The van der Waals surface area contributed by atoms with Gasteiger partial charge in [0.05, 0.1) is 52.7 Å². The third-order valence-electron chi connectivity index (χ3n) is 6.59. The van der Waals surface area contributed by atoms with Crippen molar-refractivity contribution in [1.29, 1.82) is 0 Å². The van der Waals surface area contributed by atoms with Crippen molar-refractivity contribution in [2.45, 2.75) is 103 Å². The van der Waals surface area contributed by atoms with E-state index in [-0.39, 0.29) is 19.8 Å². The number of benzene rings is 1. The highest BCUT2D eigenvalue weighted by Crippen LogP contribution is 2.29. The number of rotatable bonds is 28. The molecule has 1 aromatic carbocycles. The van der Waals surface area contributed by atoms with Gasteiger partial charge in [0.2, 0.25) is 34.8 Å². The molecule has 0 spiro atoms. The Morgan fingerprint density at radius 2 is 0.786 bits per heavy atom. The topological polar surface area (TPSA) is 63.2 Å². The predicted molar refractivity (Wildman–Crippen MR) is 150 cm³/mol. The summed E-state index contributed by atoms with van der Waals surface area (Å²) in [4.78, 5) is 11.6. The molecule has 0 N–H and O–H groups in total. The Kier molecular flexibility index (Phi) is 23.3. The minimum absolute atomic E-state index is 0.123. The van der Waals surface area contributed by atoms with Crippen LogP contribution in [0.25, 0.3) is 0 Å². The van der Waals surface area contributed by atoms with Gasteiger partial charge in [-0.15, -0.1) is 0 Å². The highest BCUT2D eigenvalue weighted by atomic mass is 19.2. The van der Waals surface area contributed by atoms with Crippen molar-refractivity contribution in [3.63, 3.8) is 0 Å². The number of carbonyl (C=O) groups excluding carboxylic acids is 1. The molecule has 0 bridgehead atoms. The van der Waals surface area contributed by atoms with Gasteiger partial charge in [-0.3, -0.25) is 4.79 Å². The Hall–Kier alpha value is -1.82. The Morgan fingerprint density at radius 1 is 0.452 bits per heavy atom. The first-order valence-electron chi connectivity index (χ1n) is 15.4. The van der Waals surface area contributed by atoms with E-state index in [2.05, 4.69) is 11.7 Å². The molecule has 0 aliphatic carbocycles. The summed E-state index contributed by atoms with van der Waals surface area (Å²) >= 11 is 0. The summed E-state index contributed by atoms with van der Waals surface area (Å²) < 4.78 is 92.0. The maximum atomic E-state index is 13.5. The maximum absolute atomic E-state index is 13.5. The summed E-state index contributed by atoms with van der Waals surface area (Å²) in [5.74, 6) is -14.0. The fourth-order valence-electron chi connectivity index (χ4n) is 4.16. The molecule has 0 heterocycles. The number of ether oxygens (including phenoxy) is 5. The maximum Gasteiger partial charge on any atom is 0.313 e. The Morgan fingerprint density at radius 3 is 1.21 bits per heavy atom. The lowest BCUT2D eigenvalue weighted by molar-refractivity contribution is -0.136. The van der Waals surface area contributed by atoms with Crippen LogP contribution in [0.4, 0.5) is 22.0 Å². The molecular formula is C31H49F5O6. The van der Waals surface area contributed by atoms with Crippen LogP contribution >= 0.6 is 0 Å². The van der Waals surface area contributed by atoms with Crippen molar-refractivity contribution in [1.82, 2.24) is 0 Å². The first-order valence-corrected chi connectivity index (χ1v) is 15.4. The van der Waals surface area contributed by atoms with Gasteiger partial charge in [-0.25, -0.2) is 13.2 Å². The van der Waals surface area contributed by atoms with Gasteiger partial charge in [0.25, 0.3) is 0 Å². The van der Waals surface area contributed by atoms with E-state index in [1.54, 1.807) is 0 Å². The standard InChI is InChI=1S/C31H49F5O6/c1-2-3-4-5-6-7-8-9-10-11-12-13-14-15-17-38-19-21-40-23-24-41-22-20-39-18-16-25(37)42-31-29(35)27(33)26(32)28(34)30(31)36/h2-24H2,1H3. The van der Waals surface area contributed by atoms with Gasteiger partial charge in [-0.2, -0.15) is 8.78 Å². The molecule has 0 unspecified atom stereocenters. The molecule has 0 saturated carbocycles. The van der Waals surface area contributed by atoms with Crippen molar-refractivity contribution >= 4 is 5.97 Å². The number of hydrogen-bond donors (Lipinski definition) is 0. The molecule has 0 aliphatic heterocycles. The third-order valence-corrected chi connectivity index (χ3v) is 6.59. The largest absolute Gasteiger partial charge is 0.420 e. The van der Waals surface area contributed by atoms with Gasteiger partial charge in [-0.05, 0) is 6.42 Å². The molecule has 0 saturated heterocycles. The fourth-order valence-corrected chi connectivity index (χ4v) is 4.16. The van der Waals surface area contributed by atoms with E-state index in [0.717, 1.165) is 13.0 Å². The summed E-state index contributed by atoms with van der Waals surface area (Å²) in [6.07, 6.45) is 18.1. The van der Waals surface area contributed by atoms with Crippen molar-refractivity contribution in [3.8, 4) is 5.75 Å². The van der Waals surface area contributed by atoms with Crippen LogP contribution in [-0.2, 0) is 23.7 Å². The predicted octanol–water partition coefficient (Wildman–Crippen LogP) is 8.23. The van der Waals surface area contributed by atoms with E-state index in [0.29, 0.717) is 26.4 Å². The summed E-state index contributed by atoms with van der Waals surface area (Å²) in [7, 11) is 0. The average molecular weight is 613 g/mol. The molecule has 244 valence electrons. The molecule has 0 aliphatic rings. The summed E-state index contributed by atoms with van der Waals surface area (Å²) in [6.45, 7) is 4.87. The van der Waals surface area contributed by atoms with Gasteiger partial charge in [0.15, 0.2) is 0 Å². The van der Waals surface area contributed by atoms with Crippen LogP contribution < -0.4 is 4.74 Å². The molecule has 6 nitrogen and oxygen atoms in total. The summed E-state index contributed by atoms with van der Waals surface area (Å²) in [6, 6.07) is 0. The lowest BCUT2D eigenvalue weighted by Gasteiger charge is -2.09. The van der Waals surface area contributed by atoms with Crippen LogP contribution in [0.15, 0.2) is 0 Å². The van der Waals surface area contributed by atoms with Gasteiger partial charge in [0.1, 0.15) is 0 Å². The van der Waals surface area contributed by atoms with Crippen molar-refractivity contribution in [2.24, 2.45) is 0 Å². The van der Waals surface area contributed by atoms with E-state index in [1.807, 2.05) is 0 Å². The second-order valence-corrected chi connectivity index (χ2v) is 10.2. The summed E-state index contributed by atoms with van der Waals surface area (Å²) in [5.41, 5.74) is 0. The Balaban J connectivity index is 1.82. The van der Waals surface area contributed by atoms with Crippen LogP contribution in [-0.4, -0.2) is 58.8 Å². The smallest absolute Gasteiger partial charge is 0.313 e. The van der Waals surface area contributed by atoms with Crippen molar-refractivity contribution < 1.29 is 50.4 Å². The second-order valence-electron chi connectivity index (χ2n) is 10.2. The minimum atomic E-state index is -2.33. The lowest BCUT2D eigenvalue weighted by Crippen LogP contribution is -2.16. The zero-order chi connectivity index (χ0) is 30.8. The quantitative estimate of drug-likeness (QED) is 0.0237. The zero-order valence-corrected chi connectivity index (χ0v) is 25.1. The van der Waals surface area contributed by atoms with Crippen molar-refractivity contribution in [3.05, 3.63) is 29.1 Å². The molecule has 0 atom stereocenters. The highest BCUT2D eigenvalue weighted by molar-refractivity contribution is 5.72. The monoisotopic (exact) mass is 612 g/mol. The highest BCUT2D eigenvalue weighted by Gasteiger charge is 2.28. The van der Waals surface area contributed by atoms with Crippen LogP contribution in [0.5, 0.6) is 5.75 Å². The van der Waals surface area contributed by atoms with E-state index in [1.165, 1.54) is 83.5 Å². The Bertz CT molecular complexity index is 814. The van der Waals surface area contributed by atoms with Gasteiger partial charge >= 0.3 is 5.97 Å². The number of unbranched alkanes of at least 4 members (excludes halogenated alkanes) is 13. The molecular weight excluding hydrogens is 563 g/mol. The normalized spacial score (nSPS) is 11.4. The van der Waals surface area contributed by atoms with Crippen LogP contribution in [0.1, 0.15) is 103 Å². The number of halogens is 5. The molecule has 0 fully saturated rings. The van der Waals surface area contributed by atoms with Crippen LogP contribution in [0.3, 0.4) is 0 Å². The minimum Gasteiger partial charge on any atom is -0.420 e. The molecule has 1 rings (SSSR count). The van der Waals surface area contributed by atoms with E-state index in [9.17, 15) is 26.7 Å². The van der Waals surface area contributed by atoms with Gasteiger partial charge in [0, 0.05) is 6.61 Å². The first-order chi connectivity index (χ1) is 20.4. The zero-order valence-electron chi connectivity index (χ0n) is 25.1. The number of hydrogen-bond acceptors (Lipinski definition) is 6. The van der Waals surface area contributed by atoms with Crippen LogP contribution in [0, 0.1) is 29.1 Å². The SMILES string of the molecule is CCCCCCCCCCCCCCCCOCCOCCOCCOCCC(=O)Oc1c(F)c(F)c(F)c(F)c1F. The molecule has 11 heteroatoms. The van der Waals surface area contributed by atoms with Gasteiger partial charge in [-0.1, -0.05) is 90.4 Å². The molecule has 0 amide bonds. The van der Waals surface area contributed by atoms with Crippen LogP contribution in [0.2, 0.25) is 0 Å². The number of esters is 1. The number of carbonyl (C=O) groups is 1. The molecule has 1 aromatic rings. The van der Waals surface area contributed by atoms with E-state index in [4.69, 9.17) is 18.9 Å². The van der Waals surface area contributed by atoms with E-state index >= 15 is 0 Å².